The Labute approximate surface area is 190 Å². The number of benzene rings is 2. The Bertz CT molecular complexity index is 968. The maximum Gasteiger partial charge on any atom is 0.343 e. The van der Waals surface area contributed by atoms with E-state index in [1.54, 1.807) is 55.0 Å². The van der Waals surface area contributed by atoms with Gasteiger partial charge >= 0.3 is 5.97 Å². The van der Waals surface area contributed by atoms with E-state index >= 15 is 0 Å². The van der Waals surface area contributed by atoms with Gasteiger partial charge in [0, 0.05) is 18.6 Å². The lowest BCUT2D eigenvalue weighted by Gasteiger charge is -2.08. The minimum atomic E-state index is -0.402. The van der Waals surface area contributed by atoms with E-state index in [1.165, 1.54) is 32.1 Å². The Morgan fingerprint density at radius 1 is 0.844 bits per heavy atom. The van der Waals surface area contributed by atoms with E-state index < -0.39 is 5.97 Å². The third-order valence-electron chi connectivity index (χ3n) is 4.97. The highest BCUT2D eigenvalue weighted by Gasteiger charge is 2.09. The van der Waals surface area contributed by atoms with Crippen molar-refractivity contribution >= 4 is 17.9 Å². The number of carbonyl (C=O) groups excluding carboxylic acids is 1. The summed E-state index contributed by atoms with van der Waals surface area (Å²) in [5, 5.41) is 0. The Morgan fingerprint density at radius 3 is 2.22 bits per heavy atom. The second-order valence-corrected chi connectivity index (χ2v) is 7.56. The zero-order valence-corrected chi connectivity index (χ0v) is 18.6. The molecule has 1 heterocycles. The van der Waals surface area contributed by atoms with Crippen molar-refractivity contribution in [3.8, 4) is 11.5 Å². The number of ether oxygens (including phenoxy) is 2. The van der Waals surface area contributed by atoms with Gasteiger partial charge in [-0.05, 0) is 72.6 Å². The van der Waals surface area contributed by atoms with E-state index in [1.807, 2.05) is 24.3 Å². The number of aromatic nitrogens is 1. The van der Waals surface area contributed by atoms with Crippen LogP contribution in [0.15, 0.2) is 78.0 Å². The Kier molecular flexibility index (Phi) is 9.46. The molecule has 0 saturated carbocycles. The quantitative estimate of drug-likeness (QED) is 0.137. The largest absolute Gasteiger partial charge is 0.494 e. The first-order valence-electron chi connectivity index (χ1n) is 11.2. The molecule has 3 rings (SSSR count). The van der Waals surface area contributed by atoms with E-state index in [4.69, 9.17) is 9.47 Å². The number of hydrogen-bond acceptors (Lipinski definition) is 5. The molecule has 0 radical (unpaired) electrons. The van der Waals surface area contributed by atoms with Crippen LogP contribution >= 0.6 is 0 Å². The molecular formula is C27H30N2O3. The molecule has 1 aromatic heterocycles. The molecule has 0 amide bonds. The molecule has 5 heteroatoms. The van der Waals surface area contributed by atoms with Crippen molar-refractivity contribution in [3.05, 3.63) is 84.2 Å². The number of hydrogen-bond donors (Lipinski definition) is 0. The minimum absolute atomic E-state index is 0.402. The molecule has 0 N–H and O–H groups in total. The van der Waals surface area contributed by atoms with Crippen LogP contribution in [0.5, 0.6) is 11.5 Å². The summed E-state index contributed by atoms with van der Waals surface area (Å²) in [6.07, 6.45) is 12.6. The molecule has 0 unspecified atom stereocenters. The maximum atomic E-state index is 12.4. The zero-order valence-electron chi connectivity index (χ0n) is 18.6. The van der Waals surface area contributed by atoms with E-state index in [2.05, 4.69) is 16.9 Å². The molecule has 0 fully saturated rings. The van der Waals surface area contributed by atoms with Crippen LogP contribution in [0.2, 0.25) is 0 Å². The molecule has 2 aromatic carbocycles. The normalized spacial score (nSPS) is 10.9. The van der Waals surface area contributed by atoms with Gasteiger partial charge in [-0.25, -0.2) is 4.79 Å². The van der Waals surface area contributed by atoms with Crippen LogP contribution in [0, 0.1) is 0 Å². The number of nitrogens with zero attached hydrogens (tertiary/aromatic N) is 2. The summed E-state index contributed by atoms with van der Waals surface area (Å²) in [5.74, 6) is 0.841. The van der Waals surface area contributed by atoms with Gasteiger partial charge in [0.1, 0.15) is 11.5 Å². The van der Waals surface area contributed by atoms with Crippen LogP contribution in [-0.4, -0.2) is 23.8 Å². The van der Waals surface area contributed by atoms with Crippen molar-refractivity contribution in [1.82, 2.24) is 4.98 Å². The number of esters is 1. The van der Waals surface area contributed by atoms with E-state index in [0.29, 0.717) is 17.9 Å². The topological polar surface area (TPSA) is 60.8 Å². The van der Waals surface area contributed by atoms with Crippen molar-refractivity contribution < 1.29 is 14.3 Å². The fraction of sp³-hybridized carbons (Fsp3) is 0.296. The van der Waals surface area contributed by atoms with Crippen LogP contribution in [0.4, 0.5) is 5.69 Å². The molecule has 0 aliphatic carbocycles. The summed E-state index contributed by atoms with van der Waals surface area (Å²) < 4.78 is 11.2. The lowest BCUT2D eigenvalue weighted by atomic mass is 10.1. The molecule has 0 bridgehead atoms. The number of unbranched alkanes of at least 4 members (excludes halogenated alkanes) is 5. The highest BCUT2D eigenvalue weighted by molar-refractivity contribution is 5.91. The molecular weight excluding hydrogens is 400 g/mol. The SMILES string of the molecule is CCCCCCCCOc1ccc(C(=O)Oc2ccc(N=Cc3ccncc3)cc2)cc1. The molecule has 0 saturated heterocycles. The van der Waals surface area contributed by atoms with Gasteiger partial charge in [-0.1, -0.05) is 39.0 Å². The monoisotopic (exact) mass is 430 g/mol. The summed E-state index contributed by atoms with van der Waals surface area (Å²) in [6, 6.07) is 17.9. The smallest absolute Gasteiger partial charge is 0.343 e. The third-order valence-corrected chi connectivity index (χ3v) is 4.97. The lowest BCUT2D eigenvalue weighted by Crippen LogP contribution is -2.08. The van der Waals surface area contributed by atoms with Gasteiger partial charge in [0.25, 0.3) is 0 Å². The maximum absolute atomic E-state index is 12.4. The first kappa shape index (κ1) is 23.2. The lowest BCUT2D eigenvalue weighted by molar-refractivity contribution is 0.0734. The molecule has 3 aromatic rings. The summed E-state index contributed by atoms with van der Waals surface area (Å²) >= 11 is 0. The molecule has 32 heavy (non-hydrogen) atoms. The molecule has 0 aliphatic heterocycles. The molecule has 0 spiro atoms. The van der Waals surface area contributed by atoms with Crippen molar-refractivity contribution in [2.75, 3.05) is 6.61 Å². The standard InChI is InChI=1S/C27H30N2O3/c1-2-3-4-5-6-7-20-31-25-12-8-23(9-13-25)27(30)32-26-14-10-24(11-15-26)29-21-22-16-18-28-19-17-22/h8-19,21H,2-7,20H2,1H3. The highest BCUT2D eigenvalue weighted by atomic mass is 16.5. The first-order chi connectivity index (χ1) is 15.7. The molecule has 166 valence electrons. The van der Waals surface area contributed by atoms with Crippen LogP contribution in [0.1, 0.15) is 61.4 Å². The highest BCUT2D eigenvalue weighted by Crippen LogP contribution is 2.20. The second-order valence-electron chi connectivity index (χ2n) is 7.56. The minimum Gasteiger partial charge on any atom is -0.494 e. The number of aliphatic imine (C=N–C) groups is 1. The Balaban J connectivity index is 1.43. The van der Waals surface area contributed by atoms with Crippen molar-refractivity contribution in [1.29, 1.82) is 0 Å². The van der Waals surface area contributed by atoms with Gasteiger partial charge < -0.3 is 9.47 Å². The zero-order chi connectivity index (χ0) is 22.4. The fourth-order valence-corrected chi connectivity index (χ4v) is 3.12. The molecule has 0 aliphatic rings. The summed E-state index contributed by atoms with van der Waals surface area (Å²) in [6.45, 7) is 2.92. The van der Waals surface area contributed by atoms with Gasteiger partial charge in [0.05, 0.1) is 17.9 Å². The summed E-state index contributed by atoms with van der Waals surface area (Å²) in [4.78, 5) is 20.8. The number of carbonyl (C=O) groups is 1. The molecule has 5 nitrogen and oxygen atoms in total. The van der Waals surface area contributed by atoms with Crippen molar-refractivity contribution in [3.63, 3.8) is 0 Å². The van der Waals surface area contributed by atoms with Gasteiger partial charge in [-0.15, -0.1) is 0 Å². The van der Waals surface area contributed by atoms with Crippen LogP contribution in [-0.2, 0) is 0 Å². The van der Waals surface area contributed by atoms with Gasteiger partial charge in [-0.3, -0.25) is 9.98 Å². The Morgan fingerprint density at radius 2 is 1.50 bits per heavy atom. The average Bonchev–Trinajstić information content (AvgIpc) is 2.84. The van der Waals surface area contributed by atoms with E-state index in [9.17, 15) is 4.79 Å². The van der Waals surface area contributed by atoms with Crippen LogP contribution < -0.4 is 9.47 Å². The van der Waals surface area contributed by atoms with Crippen LogP contribution in [0.3, 0.4) is 0 Å². The average molecular weight is 431 g/mol. The number of rotatable bonds is 12. The number of pyridine rings is 1. The van der Waals surface area contributed by atoms with Crippen molar-refractivity contribution in [2.45, 2.75) is 45.4 Å². The predicted octanol–water partition coefficient (Wildman–Crippen LogP) is 6.79. The Hall–Kier alpha value is -3.47. The van der Waals surface area contributed by atoms with Gasteiger partial charge in [-0.2, -0.15) is 0 Å². The van der Waals surface area contributed by atoms with Crippen molar-refractivity contribution in [2.24, 2.45) is 4.99 Å². The first-order valence-corrected chi connectivity index (χ1v) is 11.2. The third kappa shape index (κ3) is 7.99. The van der Waals surface area contributed by atoms with E-state index in [0.717, 1.165) is 23.4 Å². The molecule has 0 atom stereocenters. The van der Waals surface area contributed by atoms with Gasteiger partial charge in [0.2, 0.25) is 0 Å². The fourth-order valence-electron chi connectivity index (χ4n) is 3.12. The van der Waals surface area contributed by atoms with Crippen LogP contribution in [0.25, 0.3) is 0 Å². The summed E-state index contributed by atoms with van der Waals surface area (Å²) in [7, 11) is 0. The van der Waals surface area contributed by atoms with E-state index in [-0.39, 0.29) is 0 Å². The van der Waals surface area contributed by atoms with Gasteiger partial charge in [0.15, 0.2) is 0 Å². The summed E-state index contributed by atoms with van der Waals surface area (Å²) in [5.41, 5.74) is 2.22. The predicted molar refractivity (Wildman–Crippen MR) is 128 cm³/mol. The second kappa shape index (κ2) is 13.1.